The number of nitrogens with zero attached hydrogens (tertiary/aromatic N) is 3. The summed E-state index contributed by atoms with van der Waals surface area (Å²) in [6.45, 7) is 4.83. The molecule has 0 spiro atoms. The minimum atomic E-state index is -3.61. The van der Waals surface area contributed by atoms with E-state index in [1.807, 2.05) is 13.0 Å². The number of carbonyl (C=O) groups is 1. The molecule has 0 radical (unpaired) electrons. The van der Waals surface area contributed by atoms with Gasteiger partial charge >= 0.3 is 0 Å². The smallest absolute Gasteiger partial charge is 0.243 e. The summed E-state index contributed by atoms with van der Waals surface area (Å²) in [7, 11) is -2.04. The molecule has 0 fully saturated rings. The van der Waals surface area contributed by atoms with Gasteiger partial charge in [-0.1, -0.05) is 6.92 Å². The second-order valence-corrected chi connectivity index (χ2v) is 8.36. The van der Waals surface area contributed by atoms with E-state index in [2.05, 4.69) is 10.4 Å². The lowest BCUT2D eigenvalue weighted by atomic mass is 10.1. The van der Waals surface area contributed by atoms with Crippen LogP contribution in [-0.2, 0) is 40.9 Å². The molecule has 0 unspecified atom stereocenters. The highest BCUT2D eigenvalue weighted by atomic mass is 32.2. The fraction of sp³-hybridized carbons (Fsp3) is 0.444. The SMILES string of the molecule is CCc1cc(S(=O)(=O)N2CCn3nc(CNC(C)=O)cc3C2)ccc1OC. The number of rotatable bonds is 6. The predicted molar refractivity (Wildman–Crippen MR) is 99.7 cm³/mol. The molecule has 0 saturated heterocycles. The Bertz CT molecular complexity index is 952. The molecule has 2 heterocycles. The van der Waals surface area contributed by atoms with Crippen molar-refractivity contribution in [2.45, 2.75) is 44.8 Å². The van der Waals surface area contributed by atoms with Crippen LogP contribution in [0.4, 0.5) is 0 Å². The Balaban J connectivity index is 1.82. The summed E-state index contributed by atoms with van der Waals surface area (Å²) in [5, 5.41) is 7.13. The maximum atomic E-state index is 13.1. The van der Waals surface area contributed by atoms with Gasteiger partial charge in [0.05, 0.1) is 43.0 Å². The summed E-state index contributed by atoms with van der Waals surface area (Å²) in [5.74, 6) is 0.562. The largest absolute Gasteiger partial charge is 0.496 e. The molecule has 1 aromatic carbocycles. The number of amides is 1. The number of fused-ring (bicyclic) bond motifs is 1. The number of sulfonamides is 1. The van der Waals surface area contributed by atoms with Gasteiger partial charge in [0, 0.05) is 13.5 Å². The fourth-order valence-electron chi connectivity index (χ4n) is 3.15. The lowest BCUT2D eigenvalue weighted by Gasteiger charge is -2.27. The van der Waals surface area contributed by atoms with Crippen molar-refractivity contribution in [2.24, 2.45) is 0 Å². The van der Waals surface area contributed by atoms with Gasteiger partial charge in [0.25, 0.3) is 0 Å². The molecule has 0 aliphatic carbocycles. The number of aromatic nitrogens is 2. The Hall–Kier alpha value is -2.39. The molecule has 1 N–H and O–H groups in total. The molecule has 0 bridgehead atoms. The predicted octanol–water partition coefficient (Wildman–Crippen LogP) is 1.29. The number of aryl methyl sites for hydroxylation is 1. The van der Waals surface area contributed by atoms with Crippen LogP contribution in [0.5, 0.6) is 5.75 Å². The van der Waals surface area contributed by atoms with Crippen LogP contribution in [-0.4, -0.2) is 42.1 Å². The third-order valence-corrected chi connectivity index (χ3v) is 6.44. The first-order valence-electron chi connectivity index (χ1n) is 8.82. The van der Waals surface area contributed by atoms with E-state index in [0.29, 0.717) is 31.8 Å². The van der Waals surface area contributed by atoms with Gasteiger partial charge in [0.2, 0.25) is 15.9 Å². The highest BCUT2D eigenvalue weighted by Crippen LogP contribution is 2.27. The Morgan fingerprint density at radius 2 is 2.07 bits per heavy atom. The van der Waals surface area contributed by atoms with Crippen molar-refractivity contribution < 1.29 is 17.9 Å². The maximum absolute atomic E-state index is 13.1. The highest BCUT2D eigenvalue weighted by molar-refractivity contribution is 7.89. The van der Waals surface area contributed by atoms with Crippen LogP contribution in [0.25, 0.3) is 0 Å². The van der Waals surface area contributed by atoms with Crippen molar-refractivity contribution in [1.29, 1.82) is 0 Å². The van der Waals surface area contributed by atoms with Gasteiger partial charge in [-0.05, 0) is 36.2 Å². The Labute approximate surface area is 159 Å². The van der Waals surface area contributed by atoms with Crippen molar-refractivity contribution in [3.05, 3.63) is 41.2 Å². The highest BCUT2D eigenvalue weighted by Gasteiger charge is 2.29. The third-order valence-electron chi connectivity index (χ3n) is 4.60. The van der Waals surface area contributed by atoms with Crippen LogP contribution in [0, 0.1) is 0 Å². The van der Waals surface area contributed by atoms with Crippen LogP contribution in [0.3, 0.4) is 0 Å². The molecular formula is C18H24N4O4S. The minimum Gasteiger partial charge on any atom is -0.496 e. The number of hydrogen-bond acceptors (Lipinski definition) is 5. The Morgan fingerprint density at radius 1 is 1.30 bits per heavy atom. The number of methoxy groups -OCH3 is 1. The van der Waals surface area contributed by atoms with Gasteiger partial charge in [-0.3, -0.25) is 9.48 Å². The minimum absolute atomic E-state index is 0.128. The van der Waals surface area contributed by atoms with E-state index < -0.39 is 10.0 Å². The average Bonchev–Trinajstić information content (AvgIpc) is 3.07. The molecule has 0 atom stereocenters. The Morgan fingerprint density at radius 3 is 2.74 bits per heavy atom. The van der Waals surface area contributed by atoms with Gasteiger partial charge < -0.3 is 10.1 Å². The van der Waals surface area contributed by atoms with E-state index in [-0.39, 0.29) is 17.3 Å². The van der Waals surface area contributed by atoms with Gasteiger partial charge in [-0.2, -0.15) is 9.40 Å². The molecule has 1 aliphatic heterocycles. The quantitative estimate of drug-likeness (QED) is 0.800. The lowest BCUT2D eigenvalue weighted by molar-refractivity contribution is -0.119. The van der Waals surface area contributed by atoms with E-state index in [0.717, 1.165) is 17.0 Å². The molecule has 1 aromatic heterocycles. The van der Waals surface area contributed by atoms with Gasteiger partial charge in [0.1, 0.15) is 5.75 Å². The van der Waals surface area contributed by atoms with E-state index >= 15 is 0 Å². The van der Waals surface area contributed by atoms with Gasteiger partial charge in [-0.15, -0.1) is 0 Å². The molecule has 8 nitrogen and oxygen atoms in total. The molecule has 1 amide bonds. The maximum Gasteiger partial charge on any atom is 0.243 e. The molecule has 9 heteroatoms. The fourth-order valence-corrected chi connectivity index (χ4v) is 4.60. The summed E-state index contributed by atoms with van der Waals surface area (Å²) in [4.78, 5) is 11.3. The van der Waals surface area contributed by atoms with Crippen molar-refractivity contribution in [3.8, 4) is 5.75 Å². The van der Waals surface area contributed by atoms with Gasteiger partial charge in [-0.25, -0.2) is 8.42 Å². The summed E-state index contributed by atoms with van der Waals surface area (Å²) in [6, 6.07) is 6.80. The van der Waals surface area contributed by atoms with Gasteiger partial charge in [0.15, 0.2) is 0 Å². The van der Waals surface area contributed by atoms with E-state index in [1.54, 1.807) is 30.0 Å². The number of nitrogens with one attached hydrogen (secondary N) is 1. The first-order chi connectivity index (χ1) is 12.8. The van der Waals surface area contributed by atoms with E-state index in [1.165, 1.54) is 11.2 Å². The zero-order valence-electron chi connectivity index (χ0n) is 15.7. The number of carbonyl (C=O) groups excluding carboxylic acids is 1. The standard InChI is InChI=1S/C18H24N4O4S/c1-4-14-9-17(5-6-18(14)26-3)27(24,25)21-7-8-22-16(12-21)10-15(20-22)11-19-13(2)23/h5-6,9-10H,4,7-8,11-12H2,1-3H3,(H,19,23). The summed E-state index contributed by atoms with van der Waals surface area (Å²) in [5.41, 5.74) is 2.39. The monoisotopic (exact) mass is 392 g/mol. The number of ether oxygens (including phenoxy) is 1. The molecule has 146 valence electrons. The molecule has 3 rings (SSSR count). The average molecular weight is 392 g/mol. The first-order valence-corrected chi connectivity index (χ1v) is 10.3. The normalized spacial score (nSPS) is 14.6. The summed E-state index contributed by atoms with van der Waals surface area (Å²) in [6.07, 6.45) is 0.686. The van der Waals surface area contributed by atoms with Crippen LogP contribution in [0.2, 0.25) is 0 Å². The zero-order chi connectivity index (χ0) is 19.6. The first kappa shape index (κ1) is 19.4. The van der Waals surface area contributed by atoms with Crippen molar-refractivity contribution in [2.75, 3.05) is 13.7 Å². The van der Waals surface area contributed by atoms with Crippen LogP contribution >= 0.6 is 0 Å². The topological polar surface area (TPSA) is 93.5 Å². The second kappa shape index (κ2) is 7.69. The molecule has 2 aromatic rings. The molecular weight excluding hydrogens is 368 g/mol. The molecule has 27 heavy (non-hydrogen) atoms. The number of hydrogen-bond donors (Lipinski definition) is 1. The van der Waals surface area contributed by atoms with E-state index in [4.69, 9.17) is 4.74 Å². The molecule has 1 aliphatic rings. The lowest BCUT2D eigenvalue weighted by Crippen LogP contribution is -2.38. The Kier molecular flexibility index (Phi) is 5.52. The summed E-state index contributed by atoms with van der Waals surface area (Å²) < 4.78 is 34.7. The van der Waals surface area contributed by atoms with E-state index in [9.17, 15) is 13.2 Å². The van der Waals surface area contributed by atoms with Crippen LogP contribution in [0.1, 0.15) is 30.8 Å². The third kappa shape index (κ3) is 3.98. The van der Waals surface area contributed by atoms with Crippen molar-refractivity contribution in [1.82, 2.24) is 19.4 Å². The molecule has 0 saturated carbocycles. The zero-order valence-corrected chi connectivity index (χ0v) is 16.5. The second-order valence-electron chi connectivity index (χ2n) is 6.43. The van der Waals surface area contributed by atoms with Crippen molar-refractivity contribution >= 4 is 15.9 Å². The van der Waals surface area contributed by atoms with Crippen LogP contribution in [0.15, 0.2) is 29.2 Å². The summed E-state index contributed by atoms with van der Waals surface area (Å²) >= 11 is 0. The van der Waals surface area contributed by atoms with Crippen molar-refractivity contribution in [3.63, 3.8) is 0 Å². The number of benzene rings is 1. The van der Waals surface area contributed by atoms with Crippen LogP contribution < -0.4 is 10.1 Å².